The number of halogens is 2. The van der Waals surface area contributed by atoms with Crippen LogP contribution in [0.15, 0.2) is 36.4 Å². The number of hydrogen-bond donors (Lipinski definition) is 2. The number of alkyl halides is 1. The van der Waals surface area contributed by atoms with Crippen LogP contribution in [0.2, 0.25) is 0 Å². The monoisotopic (exact) mass is 344 g/mol. The first-order chi connectivity index (χ1) is 11.7. The summed E-state index contributed by atoms with van der Waals surface area (Å²) in [6.07, 6.45) is 0. The second-order valence-corrected chi connectivity index (χ2v) is 6.00. The zero-order valence-electron chi connectivity index (χ0n) is 12.7. The summed E-state index contributed by atoms with van der Waals surface area (Å²) in [4.78, 5) is 12.3. The van der Waals surface area contributed by atoms with Crippen LogP contribution in [0.1, 0.15) is 16.7 Å². The molecule has 0 saturated carbocycles. The number of rotatable bonds is 3. The number of benzene rings is 2. The number of carbonyl (C=O) groups is 1. The lowest BCUT2D eigenvalue weighted by Gasteiger charge is -2.07. The van der Waals surface area contributed by atoms with Gasteiger partial charge in [0.1, 0.15) is 18.2 Å². The topological polar surface area (TPSA) is 50.4 Å². The van der Waals surface area contributed by atoms with E-state index in [2.05, 4.69) is 10.6 Å². The molecule has 6 heteroatoms. The summed E-state index contributed by atoms with van der Waals surface area (Å²) in [6, 6.07) is 10.1. The van der Waals surface area contributed by atoms with Crippen LogP contribution in [-0.2, 0) is 16.1 Å². The predicted octanol–water partition coefficient (Wildman–Crippen LogP) is 3.83. The molecule has 0 atom stereocenters. The van der Waals surface area contributed by atoms with Gasteiger partial charge in [0.25, 0.3) is 5.91 Å². The van der Waals surface area contributed by atoms with E-state index in [0.717, 1.165) is 16.8 Å². The predicted molar refractivity (Wildman–Crippen MR) is 92.3 cm³/mol. The van der Waals surface area contributed by atoms with Gasteiger partial charge in [0.15, 0.2) is 0 Å². The van der Waals surface area contributed by atoms with E-state index in [4.69, 9.17) is 16.3 Å². The molecule has 2 N–H and O–H groups in total. The number of hydrogen-bond acceptors (Lipinski definition) is 3. The number of nitrogens with one attached hydrogen (secondary N) is 2. The van der Waals surface area contributed by atoms with E-state index in [9.17, 15) is 9.18 Å². The third-order valence-electron chi connectivity index (χ3n) is 4.10. The van der Waals surface area contributed by atoms with Crippen molar-refractivity contribution in [3.8, 4) is 0 Å². The first-order valence-corrected chi connectivity index (χ1v) is 8.12. The van der Waals surface area contributed by atoms with Crippen molar-refractivity contribution in [1.82, 2.24) is 0 Å². The van der Waals surface area contributed by atoms with Crippen LogP contribution in [0.3, 0.4) is 0 Å². The maximum absolute atomic E-state index is 13.4. The van der Waals surface area contributed by atoms with Crippen molar-refractivity contribution in [3.63, 3.8) is 0 Å². The molecular formula is C18H14ClFN2O2. The molecule has 2 aliphatic heterocycles. The Balaban J connectivity index is 1.78. The molecule has 0 aliphatic carbocycles. The van der Waals surface area contributed by atoms with Crippen molar-refractivity contribution in [1.29, 1.82) is 0 Å². The molecule has 0 spiro atoms. The minimum atomic E-state index is -0.386. The average Bonchev–Trinajstić information content (AvgIpc) is 3.11. The number of amides is 1. The molecule has 1 amide bonds. The summed E-state index contributed by atoms with van der Waals surface area (Å²) in [7, 11) is 0. The van der Waals surface area contributed by atoms with Gasteiger partial charge in [-0.15, -0.1) is 11.6 Å². The van der Waals surface area contributed by atoms with E-state index < -0.39 is 0 Å². The highest BCUT2D eigenvalue weighted by Gasteiger charge is 2.32. The molecule has 122 valence electrons. The normalized spacial score (nSPS) is 18.0. The molecule has 2 aromatic rings. The molecule has 0 radical (unpaired) electrons. The van der Waals surface area contributed by atoms with Crippen LogP contribution < -0.4 is 10.6 Å². The quantitative estimate of drug-likeness (QED) is 0.657. The SMILES string of the molecule is O=C1Nc2cc(F)ccc2C1=C1OCc2cc(NCCCl)ccc21. The van der Waals surface area contributed by atoms with Crippen molar-refractivity contribution >= 4 is 40.2 Å². The lowest BCUT2D eigenvalue weighted by molar-refractivity contribution is -0.110. The van der Waals surface area contributed by atoms with Gasteiger partial charge in [-0.1, -0.05) is 0 Å². The summed E-state index contributed by atoms with van der Waals surface area (Å²) in [5.74, 6) is 0.402. The van der Waals surface area contributed by atoms with Gasteiger partial charge in [0, 0.05) is 34.8 Å². The summed E-state index contributed by atoms with van der Waals surface area (Å²) in [5, 5.41) is 5.91. The summed E-state index contributed by atoms with van der Waals surface area (Å²) in [6.45, 7) is 1.07. The maximum atomic E-state index is 13.4. The fourth-order valence-electron chi connectivity index (χ4n) is 3.04. The Morgan fingerprint density at radius 3 is 2.88 bits per heavy atom. The lowest BCUT2D eigenvalue weighted by atomic mass is 10.00. The van der Waals surface area contributed by atoms with Crippen LogP contribution in [0.25, 0.3) is 11.3 Å². The highest BCUT2D eigenvalue weighted by molar-refractivity contribution is 6.36. The van der Waals surface area contributed by atoms with E-state index in [0.29, 0.717) is 41.6 Å². The van der Waals surface area contributed by atoms with E-state index in [-0.39, 0.29) is 11.7 Å². The van der Waals surface area contributed by atoms with Crippen molar-refractivity contribution < 1.29 is 13.9 Å². The number of anilines is 2. The van der Waals surface area contributed by atoms with Crippen LogP contribution in [-0.4, -0.2) is 18.3 Å². The van der Waals surface area contributed by atoms with Crippen molar-refractivity contribution in [2.45, 2.75) is 6.61 Å². The zero-order valence-corrected chi connectivity index (χ0v) is 13.4. The van der Waals surface area contributed by atoms with Gasteiger partial charge < -0.3 is 15.4 Å². The average molecular weight is 345 g/mol. The van der Waals surface area contributed by atoms with Gasteiger partial charge >= 0.3 is 0 Å². The molecule has 0 unspecified atom stereocenters. The molecule has 24 heavy (non-hydrogen) atoms. The van der Waals surface area contributed by atoms with Gasteiger partial charge in [-0.25, -0.2) is 4.39 Å². The van der Waals surface area contributed by atoms with Gasteiger partial charge in [-0.3, -0.25) is 4.79 Å². The van der Waals surface area contributed by atoms with Crippen LogP contribution >= 0.6 is 11.6 Å². The van der Waals surface area contributed by atoms with Gasteiger partial charge in [0.05, 0.1) is 11.3 Å². The fourth-order valence-corrected chi connectivity index (χ4v) is 3.14. The number of ether oxygens (including phenoxy) is 1. The molecule has 4 nitrogen and oxygen atoms in total. The summed E-state index contributed by atoms with van der Waals surface area (Å²) < 4.78 is 19.2. The maximum Gasteiger partial charge on any atom is 0.260 e. The van der Waals surface area contributed by atoms with Crippen LogP contribution in [0.5, 0.6) is 0 Å². The highest BCUT2D eigenvalue weighted by atomic mass is 35.5. The highest BCUT2D eigenvalue weighted by Crippen LogP contribution is 2.42. The van der Waals surface area contributed by atoms with Gasteiger partial charge in [0.2, 0.25) is 0 Å². The fraction of sp³-hybridized carbons (Fsp3) is 0.167. The van der Waals surface area contributed by atoms with E-state index in [1.54, 1.807) is 6.07 Å². The standard InChI is InChI=1S/C18H14ClFN2O2/c19-5-6-21-12-2-4-13-10(7-12)9-24-17(13)16-14-3-1-11(20)8-15(14)22-18(16)23/h1-4,7-8,21H,5-6,9H2,(H,22,23). The molecule has 0 saturated heterocycles. The Morgan fingerprint density at radius 1 is 1.21 bits per heavy atom. The Hall–Kier alpha value is -2.53. The second kappa shape index (κ2) is 5.83. The first kappa shape index (κ1) is 15.0. The largest absolute Gasteiger partial charge is 0.487 e. The van der Waals surface area contributed by atoms with Crippen molar-refractivity contribution in [2.24, 2.45) is 0 Å². The molecular weight excluding hydrogens is 331 g/mol. The van der Waals surface area contributed by atoms with Crippen molar-refractivity contribution in [3.05, 3.63) is 58.9 Å². The number of carbonyl (C=O) groups excluding carboxylic acids is 1. The minimum absolute atomic E-state index is 0.275. The first-order valence-electron chi connectivity index (χ1n) is 7.59. The summed E-state index contributed by atoms with van der Waals surface area (Å²) in [5.41, 5.74) is 4.43. The molecule has 2 heterocycles. The molecule has 4 rings (SSSR count). The Kier molecular flexibility index (Phi) is 3.65. The third kappa shape index (κ3) is 2.41. The number of fused-ring (bicyclic) bond motifs is 2. The Morgan fingerprint density at radius 2 is 2.04 bits per heavy atom. The van der Waals surface area contributed by atoms with E-state index in [1.807, 2.05) is 18.2 Å². The zero-order chi connectivity index (χ0) is 16.7. The van der Waals surface area contributed by atoms with Crippen molar-refractivity contribution in [2.75, 3.05) is 23.1 Å². The molecule has 0 fully saturated rings. The third-order valence-corrected chi connectivity index (χ3v) is 4.29. The van der Waals surface area contributed by atoms with E-state index >= 15 is 0 Å². The second-order valence-electron chi connectivity index (χ2n) is 5.62. The Bertz CT molecular complexity index is 879. The molecule has 0 bridgehead atoms. The molecule has 2 aromatic carbocycles. The molecule has 2 aliphatic rings. The summed E-state index contributed by atoms with van der Waals surface area (Å²) >= 11 is 5.69. The minimum Gasteiger partial charge on any atom is -0.487 e. The van der Waals surface area contributed by atoms with Crippen LogP contribution in [0, 0.1) is 5.82 Å². The molecule has 0 aromatic heterocycles. The van der Waals surface area contributed by atoms with E-state index in [1.165, 1.54) is 12.1 Å². The Labute approximate surface area is 143 Å². The van der Waals surface area contributed by atoms with Crippen LogP contribution in [0.4, 0.5) is 15.8 Å². The lowest BCUT2D eigenvalue weighted by Crippen LogP contribution is -2.06. The smallest absolute Gasteiger partial charge is 0.260 e. The van der Waals surface area contributed by atoms with Gasteiger partial charge in [-0.2, -0.15) is 0 Å². The van der Waals surface area contributed by atoms with Gasteiger partial charge in [-0.05, 0) is 36.4 Å².